The molecular formula is C14H18NS+. The van der Waals surface area contributed by atoms with Gasteiger partial charge in [0.15, 0.2) is 18.3 Å². The first-order valence-corrected chi connectivity index (χ1v) is 7.01. The average Bonchev–Trinajstić information content (AvgIpc) is 2.34. The van der Waals surface area contributed by atoms with Gasteiger partial charge < -0.3 is 0 Å². The summed E-state index contributed by atoms with van der Waals surface area (Å²) in [5.41, 5.74) is 0. The maximum Gasteiger partial charge on any atom is 0.194 e. The SMILES string of the molecule is CCCCSC[n+]1ccc2ccccc2c1. The molecule has 2 aromatic rings. The first-order valence-electron chi connectivity index (χ1n) is 5.86. The van der Waals surface area contributed by atoms with Crippen LogP contribution in [-0.4, -0.2) is 5.75 Å². The lowest BCUT2D eigenvalue weighted by atomic mass is 10.2. The molecule has 84 valence electrons. The molecule has 0 radical (unpaired) electrons. The summed E-state index contributed by atoms with van der Waals surface area (Å²) in [4.78, 5) is 0. The van der Waals surface area contributed by atoms with E-state index < -0.39 is 0 Å². The van der Waals surface area contributed by atoms with Crippen molar-refractivity contribution in [3.05, 3.63) is 42.7 Å². The topological polar surface area (TPSA) is 3.88 Å². The molecule has 0 aliphatic rings. The molecule has 0 atom stereocenters. The molecule has 0 unspecified atom stereocenters. The van der Waals surface area contributed by atoms with Crippen LogP contribution >= 0.6 is 11.8 Å². The van der Waals surface area contributed by atoms with Gasteiger partial charge in [-0.25, -0.2) is 0 Å². The van der Waals surface area contributed by atoms with E-state index in [9.17, 15) is 0 Å². The summed E-state index contributed by atoms with van der Waals surface area (Å²) >= 11 is 2.00. The van der Waals surface area contributed by atoms with Crippen molar-refractivity contribution in [1.82, 2.24) is 0 Å². The van der Waals surface area contributed by atoms with E-state index in [2.05, 4.69) is 54.2 Å². The predicted molar refractivity (Wildman–Crippen MR) is 71.5 cm³/mol. The van der Waals surface area contributed by atoms with Crippen molar-refractivity contribution in [3.63, 3.8) is 0 Å². The normalized spacial score (nSPS) is 10.8. The Kier molecular flexibility index (Phi) is 4.23. The van der Waals surface area contributed by atoms with Crippen LogP contribution in [-0.2, 0) is 5.88 Å². The zero-order valence-corrected chi connectivity index (χ0v) is 10.5. The van der Waals surface area contributed by atoms with Gasteiger partial charge in [-0.3, -0.25) is 0 Å². The van der Waals surface area contributed by atoms with E-state index in [0.29, 0.717) is 0 Å². The van der Waals surface area contributed by atoms with E-state index in [4.69, 9.17) is 0 Å². The molecule has 2 heteroatoms. The molecule has 1 aromatic heterocycles. The van der Waals surface area contributed by atoms with Crippen molar-refractivity contribution < 1.29 is 4.57 Å². The van der Waals surface area contributed by atoms with Crippen LogP contribution in [0.25, 0.3) is 10.8 Å². The van der Waals surface area contributed by atoms with Gasteiger partial charge in [-0.05, 0) is 23.6 Å². The van der Waals surface area contributed by atoms with Crippen LogP contribution in [0.4, 0.5) is 0 Å². The van der Waals surface area contributed by atoms with Crippen LogP contribution in [0.2, 0.25) is 0 Å². The van der Waals surface area contributed by atoms with Crippen LogP contribution in [0, 0.1) is 0 Å². The average molecular weight is 232 g/mol. The Balaban J connectivity index is 2.02. The van der Waals surface area contributed by atoms with Gasteiger partial charge in [0.2, 0.25) is 0 Å². The zero-order chi connectivity index (χ0) is 11.2. The summed E-state index contributed by atoms with van der Waals surface area (Å²) in [6, 6.07) is 10.7. The summed E-state index contributed by atoms with van der Waals surface area (Å²) in [5, 5.41) is 2.64. The first-order chi connectivity index (χ1) is 7.90. The number of aromatic nitrogens is 1. The maximum atomic E-state index is 2.27. The van der Waals surface area contributed by atoms with Crippen LogP contribution in [0.15, 0.2) is 42.7 Å². The van der Waals surface area contributed by atoms with Crippen LogP contribution in [0.5, 0.6) is 0 Å². The molecule has 16 heavy (non-hydrogen) atoms. The molecule has 0 saturated carbocycles. The fourth-order valence-electron chi connectivity index (χ4n) is 1.67. The number of nitrogens with zero attached hydrogens (tertiary/aromatic N) is 1. The molecule has 1 aromatic carbocycles. The van der Waals surface area contributed by atoms with Crippen molar-refractivity contribution in [1.29, 1.82) is 0 Å². The van der Waals surface area contributed by atoms with Crippen molar-refractivity contribution in [3.8, 4) is 0 Å². The molecule has 0 spiro atoms. The van der Waals surface area contributed by atoms with Crippen molar-refractivity contribution in [2.24, 2.45) is 0 Å². The van der Waals surface area contributed by atoms with Gasteiger partial charge in [-0.1, -0.05) is 43.3 Å². The monoisotopic (exact) mass is 232 g/mol. The highest BCUT2D eigenvalue weighted by atomic mass is 32.2. The summed E-state index contributed by atoms with van der Waals surface area (Å²) in [5.74, 6) is 2.32. The van der Waals surface area contributed by atoms with Crippen molar-refractivity contribution in [2.75, 3.05) is 5.75 Å². The smallest absolute Gasteiger partial charge is 0.194 e. The van der Waals surface area contributed by atoms with E-state index in [1.807, 2.05) is 11.8 Å². The van der Waals surface area contributed by atoms with Gasteiger partial charge in [0, 0.05) is 11.5 Å². The minimum absolute atomic E-state index is 1.06. The van der Waals surface area contributed by atoms with E-state index >= 15 is 0 Å². The molecule has 0 aliphatic carbocycles. The van der Waals surface area contributed by atoms with Gasteiger partial charge in [0.1, 0.15) is 0 Å². The van der Waals surface area contributed by atoms with E-state index in [-0.39, 0.29) is 0 Å². The Morgan fingerprint density at radius 3 is 2.75 bits per heavy atom. The Morgan fingerprint density at radius 2 is 1.94 bits per heavy atom. The van der Waals surface area contributed by atoms with Gasteiger partial charge in [-0.15, -0.1) is 0 Å². The Bertz CT molecular complexity index is 453. The molecule has 0 N–H and O–H groups in total. The number of benzene rings is 1. The van der Waals surface area contributed by atoms with E-state index in [0.717, 1.165) is 5.88 Å². The number of fused-ring (bicyclic) bond motifs is 1. The van der Waals surface area contributed by atoms with Crippen LogP contribution < -0.4 is 4.57 Å². The fraction of sp³-hybridized carbons (Fsp3) is 0.357. The van der Waals surface area contributed by atoms with Crippen molar-refractivity contribution >= 4 is 22.5 Å². The second kappa shape index (κ2) is 5.90. The largest absolute Gasteiger partial charge is 0.195 e. The van der Waals surface area contributed by atoms with Gasteiger partial charge in [0.05, 0.1) is 0 Å². The second-order valence-electron chi connectivity index (χ2n) is 3.98. The first kappa shape index (κ1) is 11.5. The Labute approximate surface area is 101 Å². The number of hydrogen-bond donors (Lipinski definition) is 0. The third kappa shape index (κ3) is 2.99. The third-order valence-electron chi connectivity index (χ3n) is 2.63. The van der Waals surface area contributed by atoms with Crippen LogP contribution in [0.1, 0.15) is 19.8 Å². The van der Waals surface area contributed by atoms with Gasteiger partial charge >= 0.3 is 0 Å². The second-order valence-corrected chi connectivity index (χ2v) is 5.05. The fourth-order valence-corrected chi connectivity index (χ4v) is 2.67. The quantitative estimate of drug-likeness (QED) is 0.562. The third-order valence-corrected chi connectivity index (χ3v) is 3.69. The number of pyridine rings is 1. The van der Waals surface area contributed by atoms with E-state index in [1.165, 1.54) is 29.4 Å². The summed E-state index contributed by atoms with van der Waals surface area (Å²) in [6.07, 6.45) is 7.00. The lowest BCUT2D eigenvalue weighted by Crippen LogP contribution is -2.30. The molecule has 0 fully saturated rings. The van der Waals surface area contributed by atoms with E-state index in [1.54, 1.807) is 0 Å². The standard InChI is InChI=1S/C14H18NS/c1-2-3-10-16-12-15-9-8-13-6-4-5-7-14(13)11-15/h4-9,11H,2-3,10,12H2,1H3/q+1. The molecule has 1 heterocycles. The number of hydrogen-bond acceptors (Lipinski definition) is 1. The number of rotatable bonds is 5. The van der Waals surface area contributed by atoms with Crippen molar-refractivity contribution in [2.45, 2.75) is 25.6 Å². The number of thioether (sulfide) groups is 1. The lowest BCUT2D eigenvalue weighted by molar-refractivity contribution is -0.674. The molecule has 0 amide bonds. The number of unbranched alkanes of at least 4 members (excludes halogenated alkanes) is 1. The highest BCUT2D eigenvalue weighted by Gasteiger charge is 2.01. The highest BCUT2D eigenvalue weighted by Crippen LogP contribution is 2.11. The Morgan fingerprint density at radius 1 is 1.12 bits per heavy atom. The predicted octanol–water partition coefficient (Wildman–Crippen LogP) is 3.62. The molecule has 0 aliphatic heterocycles. The van der Waals surface area contributed by atoms with Gasteiger partial charge in [-0.2, -0.15) is 4.57 Å². The van der Waals surface area contributed by atoms with Gasteiger partial charge in [0.25, 0.3) is 0 Å². The maximum absolute atomic E-state index is 2.27. The zero-order valence-electron chi connectivity index (χ0n) is 9.73. The summed E-state index contributed by atoms with van der Waals surface area (Å²) < 4.78 is 2.27. The molecule has 1 nitrogen and oxygen atoms in total. The highest BCUT2D eigenvalue weighted by molar-refractivity contribution is 7.98. The van der Waals surface area contributed by atoms with Crippen LogP contribution in [0.3, 0.4) is 0 Å². The summed E-state index contributed by atoms with van der Waals surface area (Å²) in [7, 11) is 0. The molecule has 2 rings (SSSR count). The molecule has 0 bridgehead atoms. The molecule has 0 saturated heterocycles. The minimum Gasteiger partial charge on any atom is -0.195 e. The summed E-state index contributed by atoms with van der Waals surface area (Å²) in [6.45, 7) is 2.24. The lowest BCUT2D eigenvalue weighted by Gasteiger charge is -1.99. The molecular weight excluding hydrogens is 214 g/mol. The Hall–Kier alpha value is -1.02. The minimum atomic E-state index is 1.06.